The molecule has 3 fully saturated rings. The van der Waals surface area contributed by atoms with E-state index >= 15 is 0 Å². The average Bonchev–Trinajstić information content (AvgIpc) is 3.61. The highest BCUT2D eigenvalue weighted by atomic mass is 19.1. The molecule has 2 saturated carbocycles. The third kappa shape index (κ3) is 3.32. The fourth-order valence-corrected chi connectivity index (χ4v) is 4.11. The Morgan fingerprint density at radius 1 is 1.27 bits per heavy atom. The Kier molecular flexibility index (Phi) is 4.49. The Hall–Kier alpha value is -2.62. The van der Waals surface area contributed by atoms with Crippen LogP contribution in [0.5, 0.6) is 0 Å². The number of fused-ring (bicyclic) bond motifs is 1. The second kappa shape index (κ2) is 6.97. The topological polar surface area (TPSA) is 87.5 Å². The van der Waals surface area contributed by atoms with Gasteiger partial charge in [-0.1, -0.05) is 0 Å². The first-order chi connectivity index (χ1) is 14.3. The molecule has 4 atom stereocenters. The van der Waals surface area contributed by atoms with Crippen molar-refractivity contribution < 1.29 is 23.1 Å². The molecule has 2 N–H and O–H groups in total. The van der Waals surface area contributed by atoms with Gasteiger partial charge in [0.15, 0.2) is 11.6 Å². The monoisotopic (exact) mass is 422 g/mol. The van der Waals surface area contributed by atoms with Crippen LogP contribution in [-0.4, -0.2) is 58.6 Å². The highest BCUT2D eigenvalue weighted by Crippen LogP contribution is 2.40. The van der Waals surface area contributed by atoms with Gasteiger partial charge in [0.25, 0.3) is 0 Å². The van der Waals surface area contributed by atoms with Gasteiger partial charge in [-0.3, -0.25) is 4.79 Å². The molecule has 0 spiro atoms. The molecule has 3 aliphatic rings. The zero-order valence-corrected chi connectivity index (χ0v) is 16.0. The van der Waals surface area contributed by atoms with Crippen LogP contribution in [0.2, 0.25) is 0 Å². The smallest absolute Gasteiger partial charge is 0.341 e. The fourth-order valence-electron chi connectivity index (χ4n) is 4.11. The van der Waals surface area contributed by atoms with Crippen molar-refractivity contribution in [2.45, 2.75) is 43.7 Å². The van der Waals surface area contributed by atoms with E-state index in [2.05, 4.69) is 10.3 Å². The van der Waals surface area contributed by atoms with Gasteiger partial charge in [-0.15, -0.1) is 0 Å². The number of carbonyl (C=O) groups is 1. The largest absolute Gasteiger partial charge is 0.477 e. The van der Waals surface area contributed by atoms with Crippen molar-refractivity contribution >= 4 is 22.8 Å². The van der Waals surface area contributed by atoms with E-state index in [0.29, 0.717) is 12.6 Å². The maximum absolute atomic E-state index is 14.9. The number of carboxylic acid groups (broad SMARTS) is 1. The minimum Gasteiger partial charge on any atom is -0.477 e. The van der Waals surface area contributed by atoms with Crippen molar-refractivity contribution in [2.24, 2.45) is 5.92 Å². The molecule has 0 bridgehead atoms. The molecule has 2 aromatic heterocycles. The van der Waals surface area contributed by atoms with Gasteiger partial charge in [-0.25, -0.2) is 22.9 Å². The normalized spacial score (nSPS) is 28.3. The molecular formula is C20H21F3N4O3. The quantitative estimate of drug-likeness (QED) is 0.741. The number of carboxylic acids is 1. The summed E-state index contributed by atoms with van der Waals surface area (Å²) in [5.74, 6) is -2.71. The van der Waals surface area contributed by atoms with E-state index in [4.69, 9.17) is 0 Å². The highest BCUT2D eigenvalue weighted by molar-refractivity contribution is 5.92. The zero-order valence-electron chi connectivity index (χ0n) is 16.0. The number of anilines is 1. The molecule has 1 aliphatic heterocycles. The van der Waals surface area contributed by atoms with Crippen molar-refractivity contribution in [2.75, 3.05) is 24.5 Å². The Labute approximate surface area is 169 Å². The zero-order chi connectivity index (χ0) is 21.2. The molecule has 160 valence electrons. The third-order valence-corrected chi connectivity index (χ3v) is 6.11. The van der Waals surface area contributed by atoms with E-state index in [1.165, 1.54) is 9.47 Å². The molecule has 0 radical (unpaired) electrons. The number of alkyl halides is 2. The summed E-state index contributed by atoms with van der Waals surface area (Å²) < 4.78 is 44.4. The van der Waals surface area contributed by atoms with Crippen LogP contribution in [0.3, 0.4) is 0 Å². The van der Waals surface area contributed by atoms with E-state index in [9.17, 15) is 27.9 Å². The molecule has 0 amide bonds. The number of halogens is 3. The van der Waals surface area contributed by atoms with Crippen LogP contribution in [0.15, 0.2) is 17.1 Å². The first-order valence-corrected chi connectivity index (χ1v) is 10.1. The number of nitrogens with one attached hydrogen (secondary N) is 1. The summed E-state index contributed by atoms with van der Waals surface area (Å²) in [6, 6.07) is 0.716. The summed E-state index contributed by atoms with van der Waals surface area (Å²) in [6.45, 7) is 0.734. The van der Waals surface area contributed by atoms with Crippen LogP contribution in [0.25, 0.3) is 11.0 Å². The minimum atomic E-state index is -1.47. The van der Waals surface area contributed by atoms with Crippen molar-refractivity contribution in [1.29, 1.82) is 0 Å². The first kappa shape index (κ1) is 19.3. The summed E-state index contributed by atoms with van der Waals surface area (Å²) in [5, 5.41) is 12.3. The number of pyridine rings is 2. The summed E-state index contributed by atoms with van der Waals surface area (Å²) in [6.07, 6.45) is 1.06. The lowest BCUT2D eigenvalue weighted by Crippen LogP contribution is -2.30. The van der Waals surface area contributed by atoms with Gasteiger partial charge in [0.2, 0.25) is 5.43 Å². The Bertz CT molecular complexity index is 1090. The molecule has 3 heterocycles. The Morgan fingerprint density at radius 2 is 2.00 bits per heavy atom. The van der Waals surface area contributed by atoms with E-state index < -0.39 is 41.2 Å². The van der Waals surface area contributed by atoms with Crippen molar-refractivity contribution in [3.05, 3.63) is 33.9 Å². The predicted octanol–water partition coefficient (Wildman–Crippen LogP) is 2.04. The van der Waals surface area contributed by atoms with Gasteiger partial charge in [0.05, 0.1) is 18.0 Å². The fraction of sp³-hybridized carbons (Fsp3) is 0.550. The number of nitrogens with zero attached hydrogens (tertiary/aromatic N) is 3. The van der Waals surface area contributed by atoms with Crippen LogP contribution in [0.4, 0.5) is 19.0 Å². The van der Waals surface area contributed by atoms with Gasteiger partial charge >= 0.3 is 5.97 Å². The minimum absolute atomic E-state index is 0.0153. The average molecular weight is 422 g/mol. The predicted molar refractivity (Wildman–Crippen MR) is 103 cm³/mol. The van der Waals surface area contributed by atoms with Gasteiger partial charge < -0.3 is 19.9 Å². The van der Waals surface area contributed by atoms with E-state index in [-0.39, 0.29) is 42.3 Å². The number of hydrogen-bond donors (Lipinski definition) is 2. The van der Waals surface area contributed by atoms with Gasteiger partial charge in [0, 0.05) is 37.7 Å². The number of rotatable bonds is 6. The molecular weight excluding hydrogens is 401 g/mol. The van der Waals surface area contributed by atoms with Gasteiger partial charge in [-0.2, -0.15) is 0 Å². The van der Waals surface area contributed by atoms with Gasteiger partial charge in [-0.05, 0) is 18.9 Å². The molecule has 10 heteroatoms. The highest BCUT2D eigenvalue weighted by Gasteiger charge is 2.41. The van der Waals surface area contributed by atoms with Crippen LogP contribution >= 0.6 is 0 Å². The van der Waals surface area contributed by atoms with E-state index in [0.717, 1.165) is 25.1 Å². The molecule has 1 saturated heterocycles. The summed E-state index contributed by atoms with van der Waals surface area (Å²) in [7, 11) is 0. The van der Waals surface area contributed by atoms with Crippen molar-refractivity contribution in [3.63, 3.8) is 0 Å². The second-order valence-corrected chi connectivity index (χ2v) is 8.43. The van der Waals surface area contributed by atoms with Gasteiger partial charge in [0.1, 0.15) is 23.6 Å². The lowest BCUT2D eigenvalue weighted by molar-refractivity contribution is 0.0694. The summed E-state index contributed by atoms with van der Waals surface area (Å²) in [5.41, 5.74) is -1.42. The molecule has 2 aliphatic carbocycles. The lowest BCUT2D eigenvalue weighted by Gasteiger charge is -2.20. The Morgan fingerprint density at radius 3 is 2.63 bits per heavy atom. The molecule has 5 rings (SSSR count). The number of aromatic nitrogens is 2. The summed E-state index contributed by atoms with van der Waals surface area (Å²) in [4.78, 5) is 29.7. The SMILES string of the molecule is O=C(O)c1cn([C@@H]2C[C@@H]2F)c2nc(N3C[C@H](CNC4CC4)[C@H](F)C3)c(F)cc2c1=O. The second-order valence-electron chi connectivity index (χ2n) is 8.43. The number of aromatic carboxylic acids is 1. The Balaban J connectivity index is 1.53. The van der Waals surface area contributed by atoms with Crippen LogP contribution in [0, 0.1) is 11.7 Å². The molecule has 2 aromatic rings. The van der Waals surface area contributed by atoms with Crippen LogP contribution in [0.1, 0.15) is 35.7 Å². The number of hydrogen-bond acceptors (Lipinski definition) is 5. The van der Waals surface area contributed by atoms with Crippen LogP contribution < -0.4 is 15.6 Å². The summed E-state index contributed by atoms with van der Waals surface area (Å²) >= 11 is 0. The molecule has 7 nitrogen and oxygen atoms in total. The molecule has 0 aromatic carbocycles. The maximum Gasteiger partial charge on any atom is 0.341 e. The van der Waals surface area contributed by atoms with Crippen LogP contribution in [-0.2, 0) is 0 Å². The standard InChI is InChI=1S/C20H21F3N4O3/c21-13-4-16(13)27-7-12(20(29)30)17(28)11-3-14(22)19(25-18(11)27)26-6-9(15(23)8-26)5-24-10-1-2-10/h3,7,9-10,13,15-16,24H,1-2,4-6,8H2,(H,29,30)/t9-,13-,15+,16+/m0/s1. The maximum atomic E-state index is 14.9. The lowest BCUT2D eigenvalue weighted by atomic mass is 10.1. The molecule has 30 heavy (non-hydrogen) atoms. The van der Waals surface area contributed by atoms with Crippen molar-refractivity contribution in [1.82, 2.24) is 14.9 Å². The van der Waals surface area contributed by atoms with Crippen molar-refractivity contribution in [3.8, 4) is 0 Å². The molecule has 0 unspecified atom stereocenters. The van der Waals surface area contributed by atoms with E-state index in [1.807, 2.05) is 0 Å². The van der Waals surface area contributed by atoms with E-state index in [1.54, 1.807) is 0 Å². The first-order valence-electron chi connectivity index (χ1n) is 10.1. The third-order valence-electron chi connectivity index (χ3n) is 6.11.